The maximum Gasteiger partial charge on any atom is 0.329 e. The van der Waals surface area contributed by atoms with E-state index >= 15 is 0 Å². The number of hydrogen-bond donors (Lipinski definition) is 2. The number of nitrogens with one attached hydrogen (secondary N) is 2. The second-order valence-corrected chi connectivity index (χ2v) is 5.77. The van der Waals surface area contributed by atoms with Gasteiger partial charge < -0.3 is 10.1 Å². The second kappa shape index (κ2) is 7.35. The monoisotopic (exact) mass is 343 g/mol. The van der Waals surface area contributed by atoms with Crippen LogP contribution < -0.4 is 16.6 Å². The van der Waals surface area contributed by atoms with Crippen molar-refractivity contribution in [3.63, 3.8) is 0 Å². The van der Waals surface area contributed by atoms with Crippen LogP contribution in [-0.4, -0.2) is 39.4 Å². The molecule has 0 aliphatic rings. The molecule has 0 atom stereocenters. The number of aromatic amines is 1. The van der Waals surface area contributed by atoms with E-state index in [-0.39, 0.29) is 17.8 Å². The number of nitrogens with zero attached hydrogens (tertiary/aromatic N) is 3. The second-order valence-electron chi connectivity index (χ2n) is 5.77. The molecule has 8 heteroatoms. The molecule has 0 bridgehead atoms. The number of hydrogen-bond acceptors (Lipinski definition) is 5. The molecular weight excluding hydrogens is 322 g/mol. The van der Waals surface area contributed by atoms with Gasteiger partial charge in [-0.25, -0.2) is 9.78 Å². The van der Waals surface area contributed by atoms with Crippen LogP contribution >= 0.6 is 0 Å². The third-order valence-electron chi connectivity index (χ3n) is 3.98. The first-order chi connectivity index (χ1) is 12.1. The van der Waals surface area contributed by atoms with Crippen molar-refractivity contribution in [2.24, 2.45) is 7.05 Å². The van der Waals surface area contributed by atoms with E-state index in [4.69, 9.17) is 4.74 Å². The molecule has 0 aliphatic heterocycles. The van der Waals surface area contributed by atoms with Gasteiger partial charge in [0.25, 0.3) is 5.56 Å². The SMILES string of the molecule is COCCCNc1nc(Cn2c(=O)n(C)c3ccccc32)cc(=O)[nH]1. The zero-order chi connectivity index (χ0) is 17.8. The van der Waals surface area contributed by atoms with Gasteiger partial charge in [0.05, 0.1) is 23.3 Å². The normalized spacial score (nSPS) is 11.1. The molecule has 3 aromatic rings. The average Bonchev–Trinajstić information content (AvgIpc) is 2.84. The van der Waals surface area contributed by atoms with Crippen LogP contribution in [0.15, 0.2) is 39.9 Å². The van der Waals surface area contributed by atoms with Gasteiger partial charge in [-0.15, -0.1) is 0 Å². The van der Waals surface area contributed by atoms with Crippen molar-refractivity contribution in [3.05, 3.63) is 56.9 Å². The number of aromatic nitrogens is 4. The minimum absolute atomic E-state index is 0.141. The molecule has 1 aromatic carbocycles. The molecule has 3 rings (SSSR count). The van der Waals surface area contributed by atoms with Crippen LogP contribution in [0.1, 0.15) is 12.1 Å². The van der Waals surface area contributed by atoms with Gasteiger partial charge in [0.1, 0.15) is 0 Å². The van der Waals surface area contributed by atoms with Crippen molar-refractivity contribution < 1.29 is 4.74 Å². The molecule has 2 aromatic heterocycles. The number of ether oxygens (including phenoxy) is 1. The summed E-state index contributed by atoms with van der Waals surface area (Å²) in [4.78, 5) is 31.4. The van der Waals surface area contributed by atoms with Crippen molar-refractivity contribution >= 4 is 17.0 Å². The lowest BCUT2D eigenvalue weighted by molar-refractivity contribution is 0.197. The first-order valence-corrected chi connectivity index (χ1v) is 8.07. The van der Waals surface area contributed by atoms with Crippen LogP contribution in [0.25, 0.3) is 11.0 Å². The van der Waals surface area contributed by atoms with E-state index in [0.717, 1.165) is 17.5 Å². The Balaban J connectivity index is 1.89. The lowest BCUT2D eigenvalue weighted by atomic mass is 10.3. The zero-order valence-corrected chi connectivity index (χ0v) is 14.3. The first kappa shape index (κ1) is 17.0. The molecule has 25 heavy (non-hydrogen) atoms. The van der Waals surface area contributed by atoms with E-state index in [2.05, 4.69) is 15.3 Å². The minimum atomic E-state index is -0.257. The summed E-state index contributed by atoms with van der Waals surface area (Å²) in [6, 6.07) is 8.95. The summed E-state index contributed by atoms with van der Waals surface area (Å²) in [5.41, 5.74) is 1.78. The maximum atomic E-state index is 12.5. The first-order valence-electron chi connectivity index (χ1n) is 8.07. The van der Waals surface area contributed by atoms with Crippen LogP contribution in [0.4, 0.5) is 5.95 Å². The summed E-state index contributed by atoms with van der Waals surface area (Å²) < 4.78 is 8.20. The number of rotatable bonds is 7. The number of aryl methyl sites for hydroxylation is 1. The molecule has 0 saturated heterocycles. The van der Waals surface area contributed by atoms with E-state index in [1.807, 2.05) is 24.3 Å². The van der Waals surface area contributed by atoms with E-state index in [9.17, 15) is 9.59 Å². The molecule has 0 amide bonds. The number of benzene rings is 1. The predicted octanol–water partition coefficient (Wildman–Crippen LogP) is 0.920. The van der Waals surface area contributed by atoms with E-state index < -0.39 is 0 Å². The van der Waals surface area contributed by atoms with Gasteiger partial charge in [0.2, 0.25) is 5.95 Å². The van der Waals surface area contributed by atoms with Crippen LogP contribution in [0.3, 0.4) is 0 Å². The Kier molecular flexibility index (Phi) is 4.99. The average molecular weight is 343 g/mol. The molecule has 0 spiro atoms. The summed E-state index contributed by atoms with van der Waals surface area (Å²) in [5, 5.41) is 3.06. The standard InChI is InChI=1S/C17H21N5O3/c1-21-13-6-3-4-7-14(13)22(17(21)24)11-12-10-15(23)20-16(19-12)18-8-5-9-25-2/h3-4,6-7,10H,5,8-9,11H2,1-2H3,(H2,18,19,20,23). The van der Waals surface area contributed by atoms with Crippen LogP contribution in [-0.2, 0) is 18.3 Å². The number of anilines is 1. The van der Waals surface area contributed by atoms with Gasteiger partial charge in [0, 0.05) is 33.4 Å². The largest absolute Gasteiger partial charge is 0.385 e. The molecule has 8 nitrogen and oxygen atoms in total. The molecule has 2 N–H and O–H groups in total. The molecule has 0 saturated carbocycles. The van der Waals surface area contributed by atoms with Crippen molar-refractivity contribution in [2.75, 3.05) is 25.6 Å². The smallest absolute Gasteiger partial charge is 0.329 e. The maximum absolute atomic E-state index is 12.5. The fourth-order valence-corrected chi connectivity index (χ4v) is 2.77. The van der Waals surface area contributed by atoms with Crippen molar-refractivity contribution in [3.8, 4) is 0 Å². The van der Waals surface area contributed by atoms with E-state index in [1.54, 1.807) is 23.3 Å². The Morgan fingerprint density at radius 3 is 2.76 bits per heavy atom. The molecule has 0 unspecified atom stereocenters. The lowest BCUT2D eigenvalue weighted by Crippen LogP contribution is -2.24. The number of methoxy groups -OCH3 is 1. The van der Waals surface area contributed by atoms with Crippen molar-refractivity contribution in [2.45, 2.75) is 13.0 Å². The molecular formula is C17H21N5O3. The quantitative estimate of drug-likeness (QED) is 0.622. The third kappa shape index (κ3) is 3.63. The Labute approximate surface area is 144 Å². The van der Waals surface area contributed by atoms with Gasteiger partial charge in [-0.2, -0.15) is 0 Å². The summed E-state index contributed by atoms with van der Waals surface area (Å²) in [7, 11) is 3.37. The van der Waals surface area contributed by atoms with Crippen LogP contribution in [0, 0.1) is 0 Å². The van der Waals surface area contributed by atoms with Crippen LogP contribution in [0.5, 0.6) is 0 Å². The number of para-hydroxylation sites is 2. The predicted molar refractivity (Wildman–Crippen MR) is 96.1 cm³/mol. The Hall–Kier alpha value is -2.87. The number of fused-ring (bicyclic) bond motifs is 1. The van der Waals surface area contributed by atoms with Crippen molar-refractivity contribution in [1.29, 1.82) is 0 Å². The minimum Gasteiger partial charge on any atom is -0.385 e. The number of imidazole rings is 1. The summed E-state index contributed by atoms with van der Waals surface area (Å²) in [6.07, 6.45) is 0.799. The van der Waals surface area contributed by atoms with E-state index in [0.29, 0.717) is 24.8 Å². The highest BCUT2D eigenvalue weighted by molar-refractivity contribution is 5.75. The van der Waals surface area contributed by atoms with Gasteiger partial charge in [-0.05, 0) is 18.6 Å². The zero-order valence-electron chi connectivity index (χ0n) is 14.3. The third-order valence-corrected chi connectivity index (χ3v) is 3.98. The molecule has 0 radical (unpaired) electrons. The molecule has 0 fully saturated rings. The highest BCUT2D eigenvalue weighted by atomic mass is 16.5. The molecule has 132 valence electrons. The Morgan fingerprint density at radius 1 is 1.24 bits per heavy atom. The van der Waals surface area contributed by atoms with E-state index in [1.165, 1.54) is 6.07 Å². The number of H-pyrrole nitrogens is 1. The Morgan fingerprint density at radius 2 is 2.00 bits per heavy atom. The van der Waals surface area contributed by atoms with Gasteiger partial charge >= 0.3 is 5.69 Å². The summed E-state index contributed by atoms with van der Waals surface area (Å²) >= 11 is 0. The Bertz CT molecular complexity index is 986. The molecule has 2 heterocycles. The van der Waals surface area contributed by atoms with Crippen LogP contribution in [0.2, 0.25) is 0 Å². The van der Waals surface area contributed by atoms with Crippen molar-refractivity contribution in [1.82, 2.24) is 19.1 Å². The topological polar surface area (TPSA) is 93.9 Å². The highest BCUT2D eigenvalue weighted by Crippen LogP contribution is 2.12. The van der Waals surface area contributed by atoms with Gasteiger partial charge in [-0.1, -0.05) is 12.1 Å². The summed E-state index contributed by atoms with van der Waals surface area (Å²) in [6.45, 7) is 1.49. The lowest BCUT2D eigenvalue weighted by Gasteiger charge is -2.07. The van der Waals surface area contributed by atoms with Gasteiger partial charge in [-0.3, -0.25) is 18.9 Å². The summed E-state index contributed by atoms with van der Waals surface area (Å²) in [5.74, 6) is 0.395. The highest BCUT2D eigenvalue weighted by Gasteiger charge is 2.11. The van der Waals surface area contributed by atoms with Gasteiger partial charge in [0.15, 0.2) is 0 Å². The fraction of sp³-hybridized carbons (Fsp3) is 0.353. The molecule has 0 aliphatic carbocycles. The fourth-order valence-electron chi connectivity index (χ4n) is 2.77.